The van der Waals surface area contributed by atoms with Gasteiger partial charge < -0.3 is 9.84 Å². The van der Waals surface area contributed by atoms with Crippen LogP contribution in [0.15, 0.2) is 23.3 Å². The van der Waals surface area contributed by atoms with Gasteiger partial charge in [0, 0.05) is 18.9 Å². The summed E-state index contributed by atoms with van der Waals surface area (Å²) in [5, 5.41) is 10.8. The van der Waals surface area contributed by atoms with Crippen LogP contribution in [-0.2, 0) is 9.53 Å². The molecule has 1 fully saturated rings. The standard InChI is InChI=1S/C20H30O3/c1-11(2)15-8-20(22)18-7-16-13(10-23-4)5-6-14(16)12(3)19(21)9-17(15)18/h7-8,11-14,17-19,21H,5-6,9-10H2,1-4H3/b16-7-. The van der Waals surface area contributed by atoms with E-state index in [0.29, 0.717) is 17.8 Å². The molecule has 0 spiro atoms. The highest BCUT2D eigenvalue weighted by molar-refractivity contribution is 5.97. The summed E-state index contributed by atoms with van der Waals surface area (Å²) in [6.07, 6.45) is 6.73. The molecule has 1 N–H and O–H groups in total. The maximum atomic E-state index is 12.6. The fourth-order valence-electron chi connectivity index (χ4n) is 5.02. The molecule has 0 aromatic carbocycles. The van der Waals surface area contributed by atoms with E-state index in [1.54, 1.807) is 7.11 Å². The number of allylic oxidation sites excluding steroid dienone is 3. The third-order valence-electron chi connectivity index (χ3n) is 6.37. The van der Waals surface area contributed by atoms with Crippen LogP contribution in [0.4, 0.5) is 0 Å². The monoisotopic (exact) mass is 318 g/mol. The van der Waals surface area contributed by atoms with Crippen LogP contribution in [0.25, 0.3) is 0 Å². The van der Waals surface area contributed by atoms with E-state index in [2.05, 4.69) is 26.8 Å². The average molecular weight is 318 g/mol. The first kappa shape index (κ1) is 16.9. The molecule has 0 aromatic heterocycles. The zero-order chi connectivity index (χ0) is 16.7. The molecule has 0 amide bonds. The second-order valence-corrected chi connectivity index (χ2v) is 8.00. The Balaban J connectivity index is 1.99. The second kappa shape index (κ2) is 6.52. The summed E-state index contributed by atoms with van der Waals surface area (Å²) in [5.74, 6) is 1.78. The Bertz CT molecular complexity index is 531. The molecule has 0 saturated heterocycles. The first-order valence-electron chi connectivity index (χ1n) is 9.08. The van der Waals surface area contributed by atoms with Gasteiger partial charge in [-0.05, 0) is 49.0 Å². The predicted octanol–water partition coefficient (Wildman–Crippen LogP) is 3.38. The van der Waals surface area contributed by atoms with Crippen molar-refractivity contribution in [1.29, 1.82) is 0 Å². The summed E-state index contributed by atoms with van der Waals surface area (Å²) < 4.78 is 5.41. The van der Waals surface area contributed by atoms with E-state index in [-0.39, 0.29) is 29.6 Å². The lowest BCUT2D eigenvalue weighted by molar-refractivity contribution is -0.117. The lowest BCUT2D eigenvalue weighted by Gasteiger charge is -2.35. The number of carbonyl (C=O) groups is 1. The Labute approximate surface area is 139 Å². The number of ketones is 1. The number of aliphatic hydroxyl groups excluding tert-OH is 1. The van der Waals surface area contributed by atoms with Crippen molar-refractivity contribution in [1.82, 2.24) is 0 Å². The Morgan fingerprint density at radius 3 is 2.70 bits per heavy atom. The van der Waals surface area contributed by atoms with Gasteiger partial charge in [-0.3, -0.25) is 4.79 Å². The molecule has 0 heterocycles. The highest BCUT2D eigenvalue weighted by Gasteiger charge is 2.44. The summed E-state index contributed by atoms with van der Waals surface area (Å²) in [4.78, 5) is 12.6. The lowest BCUT2D eigenvalue weighted by Crippen LogP contribution is -2.33. The van der Waals surface area contributed by atoms with E-state index in [4.69, 9.17) is 4.74 Å². The summed E-state index contributed by atoms with van der Waals surface area (Å²) in [7, 11) is 1.75. The predicted molar refractivity (Wildman–Crippen MR) is 90.9 cm³/mol. The van der Waals surface area contributed by atoms with Gasteiger partial charge >= 0.3 is 0 Å². The average Bonchev–Trinajstić information content (AvgIpc) is 3.01. The first-order chi connectivity index (χ1) is 10.9. The van der Waals surface area contributed by atoms with Gasteiger partial charge in [0.1, 0.15) is 0 Å². The normalized spacial score (nSPS) is 42.6. The SMILES string of the molecule is COCC1CCC2/C1=C\C1C(=O)C=C(C(C)C)C1CC(O)C2C. The van der Waals surface area contributed by atoms with E-state index in [9.17, 15) is 9.90 Å². The quantitative estimate of drug-likeness (QED) is 0.812. The maximum absolute atomic E-state index is 12.6. The molecule has 0 bridgehead atoms. The summed E-state index contributed by atoms with van der Waals surface area (Å²) in [6, 6.07) is 0. The number of carbonyl (C=O) groups excluding carboxylic acids is 1. The van der Waals surface area contributed by atoms with Crippen LogP contribution >= 0.6 is 0 Å². The minimum atomic E-state index is -0.328. The molecule has 6 unspecified atom stereocenters. The number of rotatable bonds is 3. The molecule has 3 aliphatic rings. The molecule has 1 saturated carbocycles. The first-order valence-corrected chi connectivity index (χ1v) is 9.08. The van der Waals surface area contributed by atoms with Gasteiger partial charge in [0.25, 0.3) is 0 Å². The zero-order valence-corrected chi connectivity index (χ0v) is 14.8. The molecular weight excluding hydrogens is 288 g/mol. The van der Waals surface area contributed by atoms with Crippen LogP contribution < -0.4 is 0 Å². The zero-order valence-electron chi connectivity index (χ0n) is 14.8. The van der Waals surface area contributed by atoms with Crippen LogP contribution in [-0.4, -0.2) is 30.7 Å². The van der Waals surface area contributed by atoms with Crippen molar-refractivity contribution in [2.45, 2.75) is 46.1 Å². The minimum absolute atomic E-state index is 0.0653. The molecule has 0 aromatic rings. The van der Waals surface area contributed by atoms with Crippen molar-refractivity contribution >= 4 is 5.78 Å². The van der Waals surface area contributed by atoms with E-state index in [1.807, 2.05) is 6.08 Å². The summed E-state index contributed by atoms with van der Waals surface area (Å²) in [6.45, 7) is 7.19. The number of methoxy groups -OCH3 is 1. The van der Waals surface area contributed by atoms with Crippen LogP contribution in [0.3, 0.4) is 0 Å². The highest BCUT2D eigenvalue weighted by atomic mass is 16.5. The minimum Gasteiger partial charge on any atom is -0.393 e. The molecule has 23 heavy (non-hydrogen) atoms. The number of ether oxygens (including phenoxy) is 1. The van der Waals surface area contributed by atoms with Crippen molar-refractivity contribution in [3.05, 3.63) is 23.3 Å². The summed E-state index contributed by atoms with van der Waals surface area (Å²) >= 11 is 0. The van der Waals surface area contributed by atoms with Crippen molar-refractivity contribution < 1.29 is 14.6 Å². The van der Waals surface area contributed by atoms with E-state index < -0.39 is 0 Å². The Hall–Kier alpha value is -0.930. The van der Waals surface area contributed by atoms with Crippen molar-refractivity contribution in [2.75, 3.05) is 13.7 Å². The third kappa shape index (κ3) is 2.94. The van der Waals surface area contributed by atoms with Gasteiger partial charge in [0.15, 0.2) is 5.78 Å². The molecule has 3 rings (SSSR count). The van der Waals surface area contributed by atoms with E-state index >= 15 is 0 Å². The summed E-state index contributed by atoms with van der Waals surface area (Å²) in [5.41, 5.74) is 2.60. The van der Waals surface area contributed by atoms with Gasteiger partial charge in [-0.25, -0.2) is 0 Å². The Morgan fingerprint density at radius 2 is 2.04 bits per heavy atom. The third-order valence-corrected chi connectivity index (χ3v) is 6.37. The fourth-order valence-corrected chi connectivity index (χ4v) is 5.02. The topological polar surface area (TPSA) is 46.5 Å². The molecule has 3 nitrogen and oxygen atoms in total. The van der Waals surface area contributed by atoms with E-state index in [0.717, 1.165) is 25.9 Å². The maximum Gasteiger partial charge on any atom is 0.163 e. The number of aliphatic hydroxyl groups is 1. The molecular formula is C20H30O3. The van der Waals surface area contributed by atoms with Gasteiger partial charge in [0.05, 0.1) is 12.7 Å². The van der Waals surface area contributed by atoms with Crippen LogP contribution in [0, 0.1) is 35.5 Å². The molecule has 6 atom stereocenters. The largest absolute Gasteiger partial charge is 0.393 e. The molecule has 0 aliphatic heterocycles. The lowest BCUT2D eigenvalue weighted by atomic mass is 9.72. The molecule has 0 radical (unpaired) electrons. The molecule has 3 aliphatic carbocycles. The highest BCUT2D eigenvalue weighted by Crippen LogP contribution is 2.49. The van der Waals surface area contributed by atoms with Crippen molar-refractivity contribution in [3.8, 4) is 0 Å². The van der Waals surface area contributed by atoms with Crippen LogP contribution in [0.2, 0.25) is 0 Å². The number of hydrogen-bond donors (Lipinski definition) is 1. The number of hydrogen-bond acceptors (Lipinski definition) is 3. The number of fused-ring (bicyclic) bond motifs is 2. The Morgan fingerprint density at radius 1 is 1.30 bits per heavy atom. The van der Waals surface area contributed by atoms with Gasteiger partial charge in [-0.1, -0.05) is 38.0 Å². The van der Waals surface area contributed by atoms with Crippen molar-refractivity contribution in [2.24, 2.45) is 35.5 Å². The molecule has 3 heteroatoms. The van der Waals surface area contributed by atoms with Crippen LogP contribution in [0.1, 0.15) is 40.0 Å². The fraction of sp³-hybridized carbons (Fsp3) is 0.750. The van der Waals surface area contributed by atoms with Gasteiger partial charge in [-0.15, -0.1) is 0 Å². The van der Waals surface area contributed by atoms with Gasteiger partial charge in [0.2, 0.25) is 0 Å². The second-order valence-electron chi connectivity index (χ2n) is 8.00. The van der Waals surface area contributed by atoms with E-state index in [1.165, 1.54) is 11.1 Å². The smallest absolute Gasteiger partial charge is 0.163 e. The van der Waals surface area contributed by atoms with Crippen LogP contribution in [0.5, 0.6) is 0 Å². The van der Waals surface area contributed by atoms with Gasteiger partial charge in [-0.2, -0.15) is 0 Å². The molecule has 128 valence electrons. The van der Waals surface area contributed by atoms with Crippen molar-refractivity contribution in [3.63, 3.8) is 0 Å². The Kier molecular flexibility index (Phi) is 4.80.